The van der Waals surface area contributed by atoms with Gasteiger partial charge >= 0.3 is 262 Å². The first-order valence-electron chi connectivity index (χ1n) is 16.7. The van der Waals surface area contributed by atoms with Crippen molar-refractivity contribution in [2.75, 3.05) is 0 Å². The van der Waals surface area contributed by atoms with Crippen LogP contribution in [0.5, 0.6) is 0 Å². The Morgan fingerprint density at radius 2 is 1.67 bits per heavy atom. The van der Waals surface area contributed by atoms with E-state index in [1.807, 2.05) is 0 Å². The Bertz CT molecular complexity index is 1150. The second-order valence-corrected chi connectivity index (χ2v) is 17.6. The Labute approximate surface area is 261 Å². The van der Waals surface area contributed by atoms with Gasteiger partial charge in [0.2, 0.25) is 0 Å². The molecule has 4 nitrogen and oxygen atoms in total. The molecule has 1 aromatic rings. The van der Waals surface area contributed by atoms with Crippen LogP contribution < -0.4 is 4.46 Å². The number of hydrogen-bond donors (Lipinski definition) is 0. The van der Waals surface area contributed by atoms with E-state index < -0.39 is 0 Å². The Balaban J connectivity index is 1.52. The number of hydrogen-bond acceptors (Lipinski definition) is 4. The van der Waals surface area contributed by atoms with Crippen molar-refractivity contribution in [3.8, 4) is 0 Å². The molecule has 1 aromatic carbocycles. The van der Waals surface area contributed by atoms with Crippen molar-refractivity contribution in [3.63, 3.8) is 0 Å². The van der Waals surface area contributed by atoms with Crippen LogP contribution in [0.1, 0.15) is 106 Å². The molecule has 4 aliphatic rings. The summed E-state index contributed by atoms with van der Waals surface area (Å²) in [6.45, 7) is 15.3. The molecule has 0 N–H and O–H groups in total. The summed E-state index contributed by atoms with van der Waals surface area (Å²) in [6, 6.07) is 11.1. The monoisotopic (exact) mass is 642 g/mol. The molecular weight excluding hydrogens is 587 g/mol. The van der Waals surface area contributed by atoms with E-state index in [0.717, 1.165) is 24.2 Å². The summed E-state index contributed by atoms with van der Waals surface area (Å²) in [5, 5.41) is 0. The van der Waals surface area contributed by atoms with Crippen molar-refractivity contribution in [2.45, 2.75) is 123 Å². The molecule has 3 saturated carbocycles. The molecule has 0 heterocycles. The third-order valence-electron chi connectivity index (χ3n) is 12.0. The predicted molar refractivity (Wildman–Crippen MR) is 170 cm³/mol. The standard InChI is InChI=1S/C37H54O4Se/c1-23(2)12-11-13-24(3)30-16-17-31-35-32(18-19-36(30,31)6)37(7)27(21-33(35)42-29-14-9-8-10-15-29)20-28(40-25(4)38)22-34(37)41-26(5)39/h8-10,14-15,21,23-24,28,30-35H,11-13,16-20,22H2,1-7H3/t24-,28-,30-,31+,32+,33+,34+,35+,36-,37+/m1/s1. The summed E-state index contributed by atoms with van der Waals surface area (Å²) >= 11 is 0.309. The van der Waals surface area contributed by atoms with E-state index >= 15 is 0 Å². The molecule has 3 fully saturated rings. The van der Waals surface area contributed by atoms with E-state index in [2.05, 4.69) is 71.0 Å². The summed E-state index contributed by atoms with van der Waals surface area (Å²) < 4.78 is 13.4. The quantitative estimate of drug-likeness (QED) is 0.156. The Hall–Kier alpha value is -1.58. The Morgan fingerprint density at radius 1 is 0.952 bits per heavy atom. The molecule has 0 aromatic heterocycles. The van der Waals surface area contributed by atoms with Gasteiger partial charge in [0.1, 0.15) is 0 Å². The first-order valence-corrected chi connectivity index (χ1v) is 18.5. The molecule has 4 aliphatic carbocycles. The number of fused-ring (bicyclic) bond motifs is 5. The molecule has 0 unspecified atom stereocenters. The zero-order valence-electron chi connectivity index (χ0n) is 27.1. The van der Waals surface area contributed by atoms with Crippen LogP contribution in [0.2, 0.25) is 4.82 Å². The second-order valence-electron chi connectivity index (χ2n) is 15.0. The average Bonchev–Trinajstić information content (AvgIpc) is 3.27. The van der Waals surface area contributed by atoms with Gasteiger partial charge in [0.25, 0.3) is 0 Å². The normalized spacial score (nSPS) is 38.1. The SMILES string of the molecule is CC(=O)O[C@@H]1CC2=C[C@H]([Se]c3ccccc3)[C@H]3[C@@H]4CC[C@H]([C@H](C)CCCC(C)C)[C@@]4(C)CC[C@@H]3[C@@]2(C)[C@@H](OC(C)=O)C1. The first-order chi connectivity index (χ1) is 19.9. The van der Waals surface area contributed by atoms with Crippen LogP contribution >= 0.6 is 0 Å². The van der Waals surface area contributed by atoms with Crippen LogP contribution in [0, 0.1) is 46.3 Å². The fourth-order valence-electron chi connectivity index (χ4n) is 10.1. The molecule has 5 rings (SSSR count). The topological polar surface area (TPSA) is 52.6 Å². The van der Waals surface area contributed by atoms with E-state index in [1.54, 1.807) is 0 Å². The average molecular weight is 642 g/mol. The van der Waals surface area contributed by atoms with Crippen LogP contribution in [-0.2, 0) is 19.1 Å². The van der Waals surface area contributed by atoms with E-state index in [-0.39, 0.29) is 29.6 Å². The van der Waals surface area contributed by atoms with Gasteiger partial charge in [-0.3, -0.25) is 0 Å². The molecule has 0 spiro atoms. The van der Waals surface area contributed by atoms with Gasteiger partial charge in [0.05, 0.1) is 0 Å². The number of ether oxygens (including phenoxy) is 2. The van der Waals surface area contributed by atoms with E-state index in [0.29, 0.717) is 49.4 Å². The second kappa shape index (κ2) is 12.8. The zero-order valence-corrected chi connectivity index (χ0v) is 28.8. The van der Waals surface area contributed by atoms with Gasteiger partial charge in [0.15, 0.2) is 0 Å². The third kappa shape index (κ3) is 6.16. The summed E-state index contributed by atoms with van der Waals surface area (Å²) in [7, 11) is 0. The third-order valence-corrected chi connectivity index (χ3v) is 14.6. The molecule has 0 saturated heterocycles. The van der Waals surface area contributed by atoms with E-state index in [9.17, 15) is 9.59 Å². The van der Waals surface area contributed by atoms with E-state index in [1.165, 1.54) is 68.8 Å². The summed E-state index contributed by atoms with van der Waals surface area (Å²) in [5.74, 6) is 3.63. The maximum atomic E-state index is 12.5. The zero-order chi connectivity index (χ0) is 30.2. The van der Waals surface area contributed by atoms with Crippen molar-refractivity contribution in [3.05, 3.63) is 42.0 Å². The van der Waals surface area contributed by atoms with Gasteiger partial charge in [-0.2, -0.15) is 0 Å². The molecule has 232 valence electrons. The van der Waals surface area contributed by atoms with Crippen molar-refractivity contribution in [1.29, 1.82) is 0 Å². The van der Waals surface area contributed by atoms with Gasteiger partial charge in [0, 0.05) is 0 Å². The number of benzene rings is 1. The first kappa shape index (κ1) is 31.8. The molecule has 0 amide bonds. The van der Waals surface area contributed by atoms with Gasteiger partial charge in [-0.1, -0.05) is 0 Å². The number of carbonyl (C=O) groups excluding carboxylic acids is 2. The van der Waals surface area contributed by atoms with Crippen molar-refractivity contribution >= 4 is 31.4 Å². The molecule has 10 atom stereocenters. The number of carbonyl (C=O) groups is 2. The molecular formula is C37H54O4Se. The van der Waals surface area contributed by atoms with Crippen LogP contribution in [0.25, 0.3) is 0 Å². The molecule has 5 heteroatoms. The number of esters is 2. The summed E-state index contributed by atoms with van der Waals surface area (Å²) in [6.07, 6.45) is 12.6. The number of allylic oxidation sites excluding steroid dienone is 1. The van der Waals surface area contributed by atoms with Crippen molar-refractivity contribution < 1.29 is 19.1 Å². The summed E-state index contributed by atoms with van der Waals surface area (Å²) in [5.41, 5.74) is 1.53. The minimum atomic E-state index is -0.256. The Kier molecular flexibility index (Phi) is 9.70. The van der Waals surface area contributed by atoms with Crippen molar-refractivity contribution in [2.24, 2.45) is 46.3 Å². The van der Waals surface area contributed by atoms with E-state index in [4.69, 9.17) is 9.47 Å². The number of rotatable bonds is 9. The molecule has 42 heavy (non-hydrogen) atoms. The van der Waals surface area contributed by atoms with Gasteiger partial charge in [-0.05, 0) is 0 Å². The molecule has 0 bridgehead atoms. The van der Waals surface area contributed by atoms with Crippen LogP contribution in [0.4, 0.5) is 0 Å². The molecule has 0 aliphatic heterocycles. The fourth-order valence-corrected chi connectivity index (χ4v) is 13.0. The van der Waals surface area contributed by atoms with Crippen LogP contribution in [-0.4, -0.2) is 39.1 Å². The van der Waals surface area contributed by atoms with Crippen LogP contribution in [0.3, 0.4) is 0 Å². The summed E-state index contributed by atoms with van der Waals surface area (Å²) in [4.78, 5) is 25.0. The van der Waals surface area contributed by atoms with Crippen LogP contribution in [0.15, 0.2) is 42.0 Å². The Morgan fingerprint density at radius 3 is 2.33 bits per heavy atom. The van der Waals surface area contributed by atoms with Gasteiger partial charge in [-0.25, -0.2) is 0 Å². The molecule has 0 radical (unpaired) electrons. The van der Waals surface area contributed by atoms with Crippen molar-refractivity contribution in [1.82, 2.24) is 0 Å². The fraction of sp³-hybridized carbons (Fsp3) is 0.730. The van der Waals surface area contributed by atoms with Gasteiger partial charge in [-0.15, -0.1) is 0 Å². The predicted octanol–water partition coefficient (Wildman–Crippen LogP) is 7.93. The maximum absolute atomic E-state index is 12.5. The minimum absolute atomic E-state index is 0.210. The van der Waals surface area contributed by atoms with Gasteiger partial charge < -0.3 is 0 Å².